The lowest BCUT2D eigenvalue weighted by Gasteiger charge is -2.04. The zero-order valence-corrected chi connectivity index (χ0v) is 14.4. The Balaban J connectivity index is 1.87. The molecule has 1 aliphatic heterocycles. The van der Waals surface area contributed by atoms with Gasteiger partial charge in [-0.15, -0.1) is 5.10 Å². The van der Waals surface area contributed by atoms with Crippen LogP contribution in [0.25, 0.3) is 6.08 Å². The van der Waals surface area contributed by atoms with E-state index in [1.807, 2.05) is 43.3 Å². The number of nitrogens with one attached hydrogen (secondary N) is 1. The van der Waals surface area contributed by atoms with Crippen LogP contribution in [0.5, 0.6) is 0 Å². The molecule has 0 spiro atoms. The highest BCUT2D eigenvalue weighted by atomic mass is 32.2. The number of benzene rings is 1. The van der Waals surface area contributed by atoms with Crippen LogP contribution in [0.1, 0.15) is 25.8 Å². The topological polar surface area (TPSA) is 80.1 Å². The van der Waals surface area contributed by atoms with Crippen molar-refractivity contribution in [3.05, 3.63) is 41.5 Å². The van der Waals surface area contributed by atoms with Crippen molar-refractivity contribution in [2.24, 2.45) is 10.2 Å². The van der Waals surface area contributed by atoms with Crippen LogP contribution in [0, 0.1) is 0 Å². The van der Waals surface area contributed by atoms with Gasteiger partial charge >= 0.3 is 5.97 Å². The number of hydrogen-bond donors (Lipinski definition) is 1. The number of hydrogen-bond acceptors (Lipinski definition) is 6. The molecular weight excluding hydrogens is 326 g/mol. The summed E-state index contributed by atoms with van der Waals surface area (Å²) in [6, 6.07) is 9.91. The summed E-state index contributed by atoms with van der Waals surface area (Å²) in [4.78, 5) is 22.5. The number of carbonyl (C=O) groups excluding carboxylic acids is 2. The third-order valence-electron chi connectivity index (χ3n) is 3.07. The molecule has 0 radical (unpaired) electrons. The third-order valence-corrected chi connectivity index (χ3v) is 4.21. The molecule has 0 saturated carbocycles. The van der Waals surface area contributed by atoms with E-state index in [1.54, 1.807) is 6.21 Å². The minimum atomic E-state index is -0.349. The molecule has 1 aromatic rings. The zero-order valence-electron chi connectivity index (χ0n) is 13.6. The molecular formula is C17H19N3O3S. The van der Waals surface area contributed by atoms with Gasteiger partial charge in [0.15, 0.2) is 5.17 Å². The fourth-order valence-electron chi connectivity index (χ4n) is 1.97. The number of amides is 1. The maximum Gasteiger partial charge on any atom is 0.302 e. The van der Waals surface area contributed by atoms with Crippen LogP contribution in [-0.4, -0.2) is 35.1 Å². The van der Waals surface area contributed by atoms with E-state index in [4.69, 9.17) is 4.74 Å². The minimum Gasteiger partial charge on any atom is -0.466 e. The Bertz CT molecular complexity index is 684. The summed E-state index contributed by atoms with van der Waals surface area (Å²) in [6.07, 6.45) is 4.08. The molecule has 0 bridgehead atoms. The Kier molecular flexibility index (Phi) is 6.74. The lowest BCUT2D eigenvalue weighted by atomic mass is 10.1. The van der Waals surface area contributed by atoms with Crippen molar-refractivity contribution in [3.8, 4) is 0 Å². The Hall–Kier alpha value is -2.41. The number of carbonyl (C=O) groups is 2. The summed E-state index contributed by atoms with van der Waals surface area (Å²) in [5, 5.41) is 10.8. The number of ether oxygens (including phenoxy) is 1. The fourth-order valence-corrected chi connectivity index (χ4v) is 2.88. The maximum atomic E-state index is 11.8. The highest BCUT2D eigenvalue weighted by Gasteiger charge is 2.30. The first kappa shape index (κ1) is 17.9. The molecule has 1 N–H and O–H groups in total. The number of rotatable bonds is 6. The predicted molar refractivity (Wildman–Crippen MR) is 96.8 cm³/mol. The van der Waals surface area contributed by atoms with Gasteiger partial charge in [-0.05, 0) is 18.1 Å². The van der Waals surface area contributed by atoms with E-state index < -0.39 is 0 Å². The second-order valence-electron chi connectivity index (χ2n) is 5.17. The quantitative estimate of drug-likeness (QED) is 0.488. The standard InChI is InChI=1S/C17H19N3O3S/c1-12(10-14-6-4-3-5-7-14)11-18-20-17-19-16(22)15(24-17)8-9-23-13(2)21/h3-7,10-11,15H,8-9H2,1-2H3,(H,19,20,22)/b12-10-,18-11-. The number of thioether (sulfide) groups is 1. The average Bonchev–Trinajstić information content (AvgIpc) is 2.88. The van der Waals surface area contributed by atoms with E-state index >= 15 is 0 Å². The normalized spacial score (nSPS) is 19.8. The molecule has 0 aromatic heterocycles. The highest BCUT2D eigenvalue weighted by molar-refractivity contribution is 8.15. The van der Waals surface area contributed by atoms with Gasteiger partial charge in [0, 0.05) is 13.3 Å². The Morgan fingerprint density at radius 1 is 1.33 bits per heavy atom. The summed E-state index contributed by atoms with van der Waals surface area (Å²) < 4.78 is 4.85. The molecule has 1 aromatic carbocycles. The van der Waals surface area contributed by atoms with Gasteiger partial charge < -0.3 is 10.1 Å². The minimum absolute atomic E-state index is 0.141. The first-order valence-electron chi connectivity index (χ1n) is 7.50. The van der Waals surface area contributed by atoms with E-state index in [-0.39, 0.29) is 23.7 Å². The van der Waals surface area contributed by atoms with Crippen molar-refractivity contribution in [3.63, 3.8) is 0 Å². The van der Waals surface area contributed by atoms with Crippen LogP contribution >= 0.6 is 11.8 Å². The van der Waals surface area contributed by atoms with E-state index in [9.17, 15) is 9.59 Å². The lowest BCUT2D eigenvalue weighted by molar-refractivity contribution is -0.141. The van der Waals surface area contributed by atoms with E-state index in [1.165, 1.54) is 18.7 Å². The molecule has 0 aliphatic carbocycles. The third kappa shape index (κ3) is 6.00. The molecule has 24 heavy (non-hydrogen) atoms. The van der Waals surface area contributed by atoms with Crippen molar-refractivity contribution < 1.29 is 14.3 Å². The van der Waals surface area contributed by atoms with Gasteiger partial charge in [-0.3, -0.25) is 9.59 Å². The summed E-state index contributed by atoms with van der Waals surface area (Å²) in [7, 11) is 0. The monoisotopic (exact) mass is 345 g/mol. The smallest absolute Gasteiger partial charge is 0.302 e. The average molecular weight is 345 g/mol. The largest absolute Gasteiger partial charge is 0.466 e. The molecule has 1 atom stereocenters. The van der Waals surface area contributed by atoms with Crippen molar-refractivity contribution in [2.75, 3.05) is 6.61 Å². The van der Waals surface area contributed by atoms with Crippen molar-refractivity contribution in [2.45, 2.75) is 25.5 Å². The van der Waals surface area contributed by atoms with Gasteiger partial charge in [-0.2, -0.15) is 5.10 Å². The molecule has 1 unspecified atom stereocenters. The van der Waals surface area contributed by atoms with Gasteiger partial charge in [0.05, 0.1) is 18.1 Å². The zero-order chi connectivity index (χ0) is 17.4. The Labute approximate surface area is 145 Å². The molecule has 6 nitrogen and oxygen atoms in total. The summed E-state index contributed by atoms with van der Waals surface area (Å²) in [5.74, 6) is -0.491. The molecule has 1 fully saturated rings. The van der Waals surface area contributed by atoms with Crippen LogP contribution in [-0.2, 0) is 14.3 Å². The molecule has 1 saturated heterocycles. The van der Waals surface area contributed by atoms with Gasteiger partial charge in [0.1, 0.15) is 0 Å². The molecule has 2 rings (SSSR count). The second kappa shape index (κ2) is 9.02. The number of allylic oxidation sites excluding steroid dienone is 1. The first-order chi connectivity index (χ1) is 11.5. The summed E-state index contributed by atoms with van der Waals surface area (Å²) >= 11 is 1.29. The molecule has 1 aliphatic rings. The van der Waals surface area contributed by atoms with Gasteiger partial charge in [0.25, 0.3) is 0 Å². The van der Waals surface area contributed by atoms with Gasteiger partial charge in [-0.25, -0.2) is 0 Å². The van der Waals surface area contributed by atoms with E-state index in [0.717, 1.165) is 11.1 Å². The second-order valence-corrected chi connectivity index (χ2v) is 6.36. The SMILES string of the molecule is CC(=O)OCCC1S/C(=N/N=C\C(C)=C/c2ccccc2)NC1=O. The van der Waals surface area contributed by atoms with Crippen LogP contribution in [0.2, 0.25) is 0 Å². The lowest BCUT2D eigenvalue weighted by Crippen LogP contribution is -2.25. The maximum absolute atomic E-state index is 11.8. The van der Waals surface area contributed by atoms with Crippen LogP contribution in [0.3, 0.4) is 0 Å². The molecule has 1 amide bonds. The number of amidine groups is 1. The molecule has 126 valence electrons. The Morgan fingerprint density at radius 3 is 2.79 bits per heavy atom. The van der Waals surface area contributed by atoms with Crippen LogP contribution in [0.15, 0.2) is 46.1 Å². The molecule has 1 heterocycles. The van der Waals surface area contributed by atoms with Crippen molar-refractivity contribution in [1.82, 2.24) is 5.32 Å². The van der Waals surface area contributed by atoms with Crippen LogP contribution < -0.4 is 5.32 Å². The fraction of sp³-hybridized carbons (Fsp3) is 0.294. The molecule has 7 heteroatoms. The van der Waals surface area contributed by atoms with Gasteiger partial charge in [0.2, 0.25) is 5.91 Å². The van der Waals surface area contributed by atoms with E-state index in [2.05, 4.69) is 15.5 Å². The summed E-state index contributed by atoms with van der Waals surface area (Å²) in [5.41, 5.74) is 2.04. The van der Waals surface area contributed by atoms with Crippen LogP contribution in [0.4, 0.5) is 0 Å². The van der Waals surface area contributed by atoms with Gasteiger partial charge in [-0.1, -0.05) is 48.2 Å². The number of esters is 1. The summed E-state index contributed by atoms with van der Waals surface area (Å²) in [6.45, 7) is 3.49. The Morgan fingerprint density at radius 2 is 2.08 bits per heavy atom. The number of nitrogens with zero attached hydrogens (tertiary/aromatic N) is 2. The van der Waals surface area contributed by atoms with Crippen molar-refractivity contribution >= 4 is 41.1 Å². The highest BCUT2D eigenvalue weighted by Crippen LogP contribution is 2.22. The van der Waals surface area contributed by atoms with Crippen molar-refractivity contribution in [1.29, 1.82) is 0 Å². The van der Waals surface area contributed by atoms with E-state index in [0.29, 0.717) is 11.6 Å². The first-order valence-corrected chi connectivity index (χ1v) is 8.38. The predicted octanol–water partition coefficient (Wildman–Crippen LogP) is 2.62.